The second-order valence-electron chi connectivity index (χ2n) is 5.15. The number of aliphatic hydroxyl groups is 1. The zero-order valence-electron chi connectivity index (χ0n) is 9.57. The minimum atomic E-state index is -0.563. The molecule has 15 heavy (non-hydrogen) atoms. The molecule has 0 aliphatic heterocycles. The molecule has 2 aliphatic carbocycles. The van der Waals surface area contributed by atoms with E-state index in [-0.39, 0.29) is 0 Å². The third-order valence-electron chi connectivity index (χ3n) is 3.56. The first kappa shape index (κ1) is 11.5. The Hall–Kier alpha value is 0.0100. The Morgan fingerprint density at radius 1 is 1.60 bits per heavy atom. The lowest BCUT2D eigenvalue weighted by molar-refractivity contribution is 0.0640. The lowest BCUT2D eigenvalue weighted by Crippen LogP contribution is -2.53. The number of fused-ring (bicyclic) bond motifs is 1. The van der Waals surface area contributed by atoms with E-state index >= 15 is 0 Å². The minimum Gasteiger partial charge on any atom is -0.388 e. The van der Waals surface area contributed by atoms with Crippen molar-refractivity contribution >= 4 is 11.8 Å². The van der Waals surface area contributed by atoms with Gasteiger partial charge in [0.1, 0.15) is 0 Å². The average molecular weight is 227 g/mol. The molecular formula is C12H21NOS. The molecule has 0 spiro atoms. The smallest absolute Gasteiger partial charge is 0.0833 e. The Labute approximate surface area is 96.5 Å². The third-order valence-corrected chi connectivity index (χ3v) is 4.47. The molecule has 2 nitrogen and oxygen atoms in total. The molecule has 2 rings (SSSR count). The quantitative estimate of drug-likeness (QED) is 0.701. The average Bonchev–Trinajstić information content (AvgIpc) is 2.47. The summed E-state index contributed by atoms with van der Waals surface area (Å²) >= 11 is 1.70. The molecule has 0 aromatic rings. The Morgan fingerprint density at radius 2 is 2.40 bits per heavy atom. The van der Waals surface area contributed by atoms with Crippen molar-refractivity contribution in [2.75, 3.05) is 18.6 Å². The Kier molecular flexibility index (Phi) is 3.43. The summed E-state index contributed by atoms with van der Waals surface area (Å²) in [5.41, 5.74) is -0.563. The first-order valence-electron chi connectivity index (χ1n) is 5.74. The lowest BCUT2D eigenvalue weighted by atomic mass is 9.71. The maximum absolute atomic E-state index is 10.0. The van der Waals surface area contributed by atoms with Gasteiger partial charge in [-0.1, -0.05) is 12.2 Å². The largest absolute Gasteiger partial charge is 0.388 e. The molecule has 2 N–H and O–H groups in total. The fraction of sp³-hybridized carbons (Fsp3) is 0.833. The number of rotatable bonds is 5. The normalized spacial score (nSPS) is 37.1. The van der Waals surface area contributed by atoms with Crippen LogP contribution in [0.3, 0.4) is 0 Å². The van der Waals surface area contributed by atoms with Crippen molar-refractivity contribution in [2.24, 2.45) is 11.8 Å². The summed E-state index contributed by atoms with van der Waals surface area (Å²) in [7, 11) is 0. The monoisotopic (exact) mass is 227 g/mol. The Morgan fingerprint density at radius 3 is 3.07 bits per heavy atom. The van der Waals surface area contributed by atoms with Gasteiger partial charge in [-0.3, -0.25) is 0 Å². The molecule has 4 atom stereocenters. The number of hydrogen-bond acceptors (Lipinski definition) is 3. The van der Waals surface area contributed by atoms with E-state index in [1.165, 1.54) is 12.8 Å². The summed E-state index contributed by atoms with van der Waals surface area (Å²) in [6.45, 7) is 2.63. The van der Waals surface area contributed by atoms with Crippen LogP contribution in [0.15, 0.2) is 12.2 Å². The minimum absolute atomic E-state index is 0.563. The van der Waals surface area contributed by atoms with E-state index in [4.69, 9.17) is 0 Å². The van der Waals surface area contributed by atoms with Gasteiger partial charge in [0.05, 0.1) is 5.60 Å². The second-order valence-corrected chi connectivity index (χ2v) is 6.02. The van der Waals surface area contributed by atoms with Crippen LogP contribution in [0.2, 0.25) is 0 Å². The van der Waals surface area contributed by atoms with E-state index in [2.05, 4.69) is 17.5 Å². The van der Waals surface area contributed by atoms with Gasteiger partial charge in [-0.05, 0) is 37.9 Å². The highest BCUT2D eigenvalue weighted by Gasteiger charge is 2.41. The predicted octanol–water partition coefficient (Wildman–Crippen LogP) is 1.65. The van der Waals surface area contributed by atoms with Crippen molar-refractivity contribution in [2.45, 2.75) is 31.4 Å². The van der Waals surface area contributed by atoms with Gasteiger partial charge < -0.3 is 10.4 Å². The maximum atomic E-state index is 10.0. The zero-order valence-corrected chi connectivity index (χ0v) is 10.4. The molecule has 0 radical (unpaired) electrons. The second kappa shape index (κ2) is 4.48. The molecule has 0 bridgehead atoms. The molecule has 0 heterocycles. The van der Waals surface area contributed by atoms with E-state index in [0.717, 1.165) is 24.1 Å². The van der Waals surface area contributed by atoms with Crippen LogP contribution >= 0.6 is 11.8 Å². The summed E-state index contributed by atoms with van der Waals surface area (Å²) < 4.78 is 0. The summed E-state index contributed by atoms with van der Waals surface area (Å²) in [6, 6.07) is 0.613. The molecule has 4 unspecified atom stereocenters. The van der Waals surface area contributed by atoms with Gasteiger partial charge in [-0.15, -0.1) is 0 Å². The molecule has 2 aliphatic rings. The Balaban J connectivity index is 1.72. The van der Waals surface area contributed by atoms with Gasteiger partial charge in [-0.2, -0.15) is 11.8 Å². The van der Waals surface area contributed by atoms with E-state index in [9.17, 15) is 5.11 Å². The van der Waals surface area contributed by atoms with Crippen LogP contribution in [-0.4, -0.2) is 35.3 Å². The SMILES string of the molecule is CSCC(C)(O)CNC1CC2CC=CC21. The molecule has 1 fully saturated rings. The molecule has 0 aromatic heterocycles. The van der Waals surface area contributed by atoms with Crippen molar-refractivity contribution in [1.82, 2.24) is 5.32 Å². The maximum Gasteiger partial charge on any atom is 0.0833 e. The summed E-state index contributed by atoms with van der Waals surface area (Å²) in [4.78, 5) is 0. The van der Waals surface area contributed by atoms with E-state index in [1.54, 1.807) is 11.8 Å². The van der Waals surface area contributed by atoms with Crippen LogP contribution in [0.1, 0.15) is 19.8 Å². The first-order chi connectivity index (χ1) is 7.12. The van der Waals surface area contributed by atoms with Gasteiger partial charge in [0, 0.05) is 18.3 Å². The van der Waals surface area contributed by atoms with Crippen LogP contribution in [-0.2, 0) is 0 Å². The summed E-state index contributed by atoms with van der Waals surface area (Å²) in [6.07, 6.45) is 9.23. The summed E-state index contributed by atoms with van der Waals surface area (Å²) in [5, 5.41) is 13.5. The van der Waals surface area contributed by atoms with Crippen LogP contribution < -0.4 is 5.32 Å². The van der Waals surface area contributed by atoms with E-state index in [0.29, 0.717) is 6.04 Å². The highest BCUT2D eigenvalue weighted by atomic mass is 32.2. The first-order valence-corrected chi connectivity index (χ1v) is 7.13. The van der Waals surface area contributed by atoms with E-state index in [1.807, 2.05) is 13.2 Å². The van der Waals surface area contributed by atoms with Gasteiger partial charge >= 0.3 is 0 Å². The van der Waals surface area contributed by atoms with Crippen molar-refractivity contribution < 1.29 is 5.11 Å². The molecule has 1 saturated carbocycles. The number of thioether (sulfide) groups is 1. The molecule has 0 saturated heterocycles. The standard InChI is InChI=1S/C12H21NOS/c1-12(14,8-15-2)7-13-11-6-9-4-3-5-10(9)11/h3,5,9-11,13-14H,4,6-8H2,1-2H3. The highest BCUT2D eigenvalue weighted by molar-refractivity contribution is 7.98. The van der Waals surface area contributed by atoms with Crippen molar-refractivity contribution in [1.29, 1.82) is 0 Å². The number of hydrogen-bond donors (Lipinski definition) is 2. The van der Waals surface area contributed by atoms with Gasteiger partial charge in [-0.25, -0.2) is 0 Å². The zero-order chi connectivity index (χ0) is 10.9. The van der Waals surface area contributed by atoms with Crippen LogP contribution in [0.5, 0.6) is 0 Å². The topological polar surface area (TPSA) is 32.3 Å². The molecule has 86 valence electrons. The van der Waals surface area contributed by atoms with E-state index < -0.39 is 5.60 Å². The molecular weight excluding hydrogens is 206 g/mol. The third kappa shape index (κ3) is 2.58. The lowest BCUT2D eigenvalue weighted by Gasteiger charge is -2.42. The molecule has 0 amide bonds. The van der Waals surface area contributed by atoms with Crippen LogP contribution in [0, 0.1) is 11.8 Å². The predicted molar refractivity (Wildman–Crippen MR) is 66.2 cm³/mol. The highest BCUT2D eigenvalue weighted by Crippen LogP contribution is 2.42. The fourth-order valence-corrected chi connectivity index (χ4v) is 3.38. The number of nitrogens with one attached hydrogen (secondary N) is 1. The van der Waals surface area contributed by atoms with Crippen molar-refractivity contribution in [3.8, 4) is 0 Å². The van der Waals surface area contributed by atoms with Gasteiger partial charge in [0.15, 0.2) is 0 Å². The Bertz CT molecular complexity index is 252. The fourth-order valence-electron chi connectivity index (χ4n) is 2.66. The number of allylic oxidation sites excluding steroid dienone is 1. The van der Waals surface area contributed by atoms with Crippen LogP contribution in [0.25, 0.3) is 0 Å². The molecule has 0 aromatic carbocycles. The van der Waals surface area contributed by atoms with Gasteiger partial charge in [0.2, 0.25) is 0 Å². The van der Waals surface area contributed by atoms with Crippen molar-refractivity contribution in [3.05, 3.63) is 12.2 Å². The van der Waals surface area contributed by atoms with Crippen LogP contribution in [0.4, 0.5) is 0 Å². The molecule has 3 heteroatoms. The summed E-state index contributed by atoms with van der Waals surface area (Å²) in [5.74, 6) is 2.44. The van der Waals surface area contributed by atoms with Crippen molar-refractivity contribution in [3.63, 3.8) is 0 Å². The van der Waals surface area contributed by atoms with Gasteiger partial charge in [0.25, 0.3) is 0 Å².